The lowest BCUT2D eigenvalue weighted by Crippen LogP contribution is -2.49. The Balaban J connectivity index is 1.21. The standard InChI is InChI=1S/C38H45FN6O5/c1-36(2,3)50-35(49)44(5)21-27-17-28(39)10-8-25(27)22-45(34(48)37(4)12-15-40-16-13-37)23-31(46)42-29-11-9-24-19-38(20-26(24)18-29)30-7-6-14-41-32(30)43-33(38)47/h6-11,14,17-18,40H,12-13,15-16,19-23H2,1-5H3,(H,42,46)(H,41,43,47)/t38-/m1/s1. The molecule has 264 valence electrons. The van der Waals surface area contributed by atoms with Gasteiger partial charge in [-0.3, -0.25) is 14.4 Å². The van der Waals surface area contributed by atoms with Gasteiger partial charge in [-0.25, -0.2) is 14.2 Å². The Hall–Kier alpha value is -4.84. The quantitative estimate of drug-likeness (QED) is 0.307. The largest absolute Gasteiger partial charge is 0.444 e. The summed E-state index contributed by atoms with van der Waals surface area (Å²) < 4.78 is 20.0. The molecule has 0 saturated carbocycles. The molecule has 0 bridgehead atoms. The van der Waals surface area contributed by atoms with Gasteiger partial charge in [-0.1, -0.05) is 25.1 Å². The van der Waals surface area contributed by atoms with Crippen LogP contribution in [0.25, 0.3) is 0 Å². The lowest BCUT2D eigenvalue weighted by molar-refractivity contribution is -0.145. The predicted octanol–water partition coefficient (Wildman–Crippen LogP) is 4.93. The molecule has 11 nitrogen and oxygen atoms in total. The number of amides is 4. The minimum Gasteiger partial charge on any atom is -0.444 e. The van der Waals surface area contributed by atoms with Gasteiger partial charge in [-0.15, -0.1) is 0 Å². The Bertz CT molecular complexity index is 1830. The van der Waals surface area contributed by atoms with Gasteiger partial charge in [0.25, 0.3) is 0 Å². The van der Waals surface area contributed by atoms with Crippen molar-refractivity contribution in [2.24, 2.45) is 5.41 Å². The number of benzene rings is 2. The highest BCUT2D eigenvalue weighted by Gasteiger charge is 2.51. The molecule has 1 saturated heterocycles. The Morgan fingerprint density at radius 2 is 1.74 bits per heavy atom. The maximum atomic E-state index is 14.5. The Labute approximate surface area is 292 Å². The van der Waals surface area contributed by atoms with Crippen molar-refractivity contribution in [3.63, 3.8) is 0 Å². The number of aromatic nitrogens is 1. The third kappa shape index (κ3) is 7.21. The molecule has 3 N–H and O–H groups in total. The summed E-state index contributed by atoms with van der Waals surface area (Å²) in [6.45, 7) is 8.45. The zero-order valence-corrected chi connectivity index (χ0v) is 29.3. The number of carbonyl (C=O) groups excluding carboxylic acids is 4. The maximum Gasteiger partial charge on any atom is 0.410 e. The SMILES string of the molecule is CN(Cc1cc(F)ccc1CN(CC(=O)Nc1ccc2c(c1)C[C@@]1(C2)C(=O)Nc2ncccc21)C(=O)C1(C)CCNCC1)C(=O)OC(C)(C)C. The van der Waals surface area contributed by atoms with Gasteiger partial charge in [0.05, 0.1) is 5.41 Å². The molecule has 3 aliphatic rings. The van der Waals surface area contributed by atoms with Crippen molar-refractivity contribution in [2.45, 2.75) is 77.5 Å². The van der Waals surface area contributed by atoms with Gasteiger partial charge in [-0.05, 0) is 112 Å². The number of ether oxygens (including phenoxy) is 1. The van der Waals surface area contributed by atoms with Crippen LogP contribution in [-0.2, 0) is 50.5 Å². The fraction of sp³-hybridized carbons (Fsp3) is 0.447. The van der Waals surface area contributed by atoms with Gasteiger partial charge in [0.15, 0.2) is 0 Å². The number of piperidine rings is 1. The molecular weight excluding hydrogens is 639 g/mol. The molecule has 1 fully saturated rings. The number of nitrogens with one attached hydrogen (secondary N) is 3. The van der Waals surface area contributed by atoms with Crippen LogP contribution in [-0.4, -0.2) is 70.9 Å². The van der Waals surface area contributed by atoms with Crippen molar-refractivity contribution in [3.8, 4) is 0 Å². The highest BCUT2D eigenvalue weighted by Crippen LogP contribution is 2.47. The molecular formula is C38H45FN6O5. The van der Waals surface area contributed by atoms with Crippen molar-refractivity contribution in [3.05, 3.63) is 88.4 Å². The molecule has 0 unspecified atom stereocenters. The maximum absolute atomic E-state index is 14.5. The summed E-state index contributed by atoms with van der Waals surface area (Å²) in [7, 11) is 1.57. The van der Waals surface area contributed by atoms with E-state index in [1.54, 1.807) is 40.1 Å². The van der Waals surface area contributed by atoms with Gasteiger partial charge < -0.3 is 30.5 Å². The number of anilines is 2. The predicted molar refractivity (Wildman–Crippen MR) is 187 cm³/mol. The fourth-order valence-corrected chi connectivity index (χ4v) is 7.25. The van der Waals surface area contributed by atoms with E-state index in [-0.39, 0.29) is 37.4 Å². The van der Waals surface area contributed by atoms with Crippen LogP contribution in [0.1, 0.15) is 68.4 Å². The van der Waals surface area contributed by atoms with Crippen LogP contribution >= 0.6 is 0 Å². The van der Waals surface area contributed by atoms with Crippen LogP contribution in [0.15, 0.2) is 54.7 Å². The number of rotatable bonds is 8. The average molecular weight is 685 g/mol. The van der Waals surface area contributed by atoms with E-state index in [2.05, 4.69) is 20.9 Å². The zero-order chi connectivity index (χ0) is 35.8. The second kappa shape index (κ2) is 13.5. The van der Waals surface area contributed by atoms with E-state index < -0.39 is 28.3 Å². The molecule has 1 spiro atoms. The van der Waals surface area contributed by atoms with Gasteiger partial charge in [0.2, 0.25) is 17.7 Å². The molecule has 0 radical (unpaired) electrons. The summed E-state index contributed by atoms with van der Waals surface area (Å²) in [5.74, 6) is -0.514. The van der Waals surface area contributed by atoms with Crippen molar-refractivity contribution in [2.75, 3.05) is 37.3 Å². The molecule has 2 aromatic carbocycles. The average Bonchev–Trinajstić information content (AvgIpc) is 3.57. The monoisotopic (exact) mass is 684 g/mol. The summed E-state index contributed by atoms with van der Waals surface area (Å²) in [6.07, 6.45) is 3.35. The Morgan fingerprint density at radius 3 is 2.48 bits per heavy atom. The number of carbonyl (C=O) groups is 4. The third-order valence-electron chi connectivity index (χ3n) is 9.95. The fourth-order valence-electron chi connectivity index (χ4n) is 7.25. The molecule has 1 atom stereocenters. The van der Waals surface area contributed by atoms with Crippen LogP contribution in [0.5, 0.6) is 0 Å². The first kappa shape index (κ1) is 35.0. The molecule has 2 aliphatic heterocycles. The minimum absolute atomic E-state index is 0.0440. The molecule has 1 aliphatic carbocycles. The van der Waals surface area contributed by atoms with Crippen LogP contribution in [0, 0.1) is 11.2 Å². The first-order valence-electron chi connectivity index (χ1n) is 17.1. The smallest absolute Gasteiger partial charge is 0.410 e. The normalized spacial score (nSPS) is 19.0. The number of halogens is 1. The molecule has 3 heterocycles. The van der Waals surface area contributed by atoms with E-state index in [9.17, 15) is 23.6 Å². The summed E-state index contributed by atoms with van der Waals surface area (Å²) in [4.78, 5) is 61.0. The van der Waals surface area contributed by atoms with Crippen LogP contribution < -0.4 is 16.0 Å². The van der Waals surface area contributed by atoms with Crippen molar-refractivity contribution < 1.29 is 28.3 Å². The number of pyridine rings is 1. The third-order valence-corrected chi connectivity index (χ3v) is 9.95. The number of hydrogen-bond acceptors (Lipinski definition) is 7. The molecule has 50 heavy (non-hydrogen) atoms. The number of fused-ring (bicyclic) bond motifs is 3. The van der Waals surface area contributed by atoms with E-state index in [1.807, 2.05) is 37.3 Å². The topological polar surface area (TPSA) is 133 Å². The minimum atomic E-state index is -0.730. The molecule has 6 rings (SSSR count). The summed E-state index contributed by atoms with van der Waals surface area (Å²) in [5, 5.41) is 9.19. The Kier molecular flexibility index (Phi) is 9.43. The summed E-state index contributed by atoms with van der Waals surface area (Å²) in [6, 6.07) is 13.7. The van der Waals surface area contributed by atoms with Crippen molar-refractivity contribution >= 4 is 35.3 Å². The van der Waals surface area contributed by atoms with E-state index in [4.69, 9.17) is 4.74 Å². The molecule has 3 aromatic rings. The molecule has 1 aromatic heterocycles. The van der Waals surface area contributed by atoms with Gasteiger partial charge in [0, 0.05) is 43.0 Å². The van der Waals surface area contributed by atoms with E-state index in [1.165, 1.54) is 21.9 Å². The highest BCUT2D eigenvalue weighted by atomic mass is 19.1. The van der Waals surface area contributed by atoms with Crippen LogP contribution in [0.2, 0.25) is 0 Å². The first-order valence-corrected chi connectivity index (χ1v) is 17.1. The number of nitrogens with zero attached hydrogens (tertiary/aromatic N) is 3. The second-order valence-electron chi connectivity index (χ2n) is 15.0. The molecule has 4 amide bonds. The van der Waals surface area contributed by atoms with Crippen molar-refractivity contribution in [1.29, 1.82) is 0 Å². The molecule has 12 heteroatoms. The van der Waals surface area contributed by atoms with E-state index >= 15 is 0 Å². The van der Waals surface area contributed by atoms with Crippen LogP contribution in [0.4, 0.5) is 20.7 Å². The zero-order valence-electron chi connectivity index (χ0n) is 29.3. The van der Waals surface area contributed by atoms with Gasteiger partial charge in [0.1, 0.15) is 23.8 Å². The second-order valence-corrected chi connectivity index (χ2v) is 15.0. The van der Waals surface area contributed by atoms with E-state index in [0.29, 0.717) is 61.4 Å². The van der Waals surface area contributed by atoms with Gasteiger partial charge in [-0.2, -0.15) is 0 Å². The van der Waals surface area contributed by atoms with E-state index in [0.717, 1.165) is 16.7 Å². The van der Waals surface area contributed by atoms with Gasteiger partial charge >= 0.3 is 6.09 Å². The lowest BCUT2D eigenvalue weighted by Gasteiger charge is -2.37. The summed E-state index contributed by atoms with van der Waals surface area (Å²) >= 11 is 0. The highest BCUT2D eigenvalue weighted by molar-refractivity contribution is 6.06. The lowest BCUT2D eigenvalue weighted by atomic mass is 9.79. The van der Waals surface area contributed by atoms with Crippen molar-refractivity contribution in [1.82, 2.24) is 20.1 Å². The first-order chi connectivity index (χ1) is 23.7. The number of hydrogen-bond donors (Lipinski definition) is 3. The van der Waals surface area contributed by atoms with Crippen LogP contribution in [0.3, 0.4) is 0 Å². The summed E-state index contributed by atoms with van der Waals surface area (Å²) in [5.41, 5.74) is 2.45. The Morgan fingerprint density at radius 1 is 1.00 bits per heavy atom.